The lowest BCUT2D eigenvalue weighted by atomic mass is 10.0. The molecule has 7 heteroatoms. The molecular weight excluding hydrogens is 310 g/mol. The van der Waals surface area contributed by atoms with E-state index in [4.69, 9.17) is 13.9 Å². The summed E-state index contributed by atoms with van der Waals surface area (Å²) in [4.78, 5) is 14.6. The number of amides is 1. The largest absolute Gasteiger partial charge is 0.472 e. The molecular formula is C17H23N3O4. The molecule has 0 spiro atoms. The minimum Gasteiger partial charge on any atom is -0.472 e. The SMILES string of the molecule is COCCO[C@@H]1CCN(C(=O)c2ccoc2)[C@H]1Cc1cnn(C)c1. The Balaban J connectivity index is 1.75. The predicted octanol–water partition coefficient (Wildman–Crippen LogP) is 1.50. The summed E-state index contributed by atoms with van der Waals surface area (Å²) >= 11 is 0. The van der Waals surface area contributed by atoms with Crippen LogP contribution in [0.5, 0.6) is 0 Å². The van der Waals surface area contributed by atoms with Crippen LogP contribution >= 0.6 is 0 Å². The van der Waals surface area contributed by atoms with Gasteiger partial charge in [0.2, 0.25) is 0 Å². The molecule has 130 valence electrons. The van der Waals surface area contributed by atoms with E-state index >= 15 is 0 Å². The van der Waals surface area contributed by atoms with Gasteiger partial charge in [0, 0.05) is 26.9 Å². The summed E-state index contributed by atoms with van der Waals surface area (Å²) in [6.45, 7) is 1.75. The zero-order chi connectivity index (χ0) is 16.9. The number of hydrogen-bond donors (Lipinski definition) is 0. The fourth-order valence-corrected chi connectivity index (χ4v) is 3.17. The predicted molar refractivity (Wildman–Crippen MR) is 86.7 cm³/mol. The summed E-state index contributed by atoms with van der Waals surface area (Å²) in [5.74, 6) is -0.0181. The number of likely N-dealkylation sites (tertiary alicyclic amines) is 1. The zero-order valence-corrected chi connectivity index (χ0v) is 14.1. The maximum Gasteiger partial charge on any atom is 0.257 e. The smallest absolute Gasteiger partial charge is 0.257 e. The second-order valence-corrected chi connectivity index (χ2v) is 6.00. The highest BCUT2D eigenvalue weighted by molar-refractivity contribution is 5.94. The van der Waals surface area contributed by atoms with Gasteiger partial charge in [-0.25, -0.2) is 0 Å². The molecule has 2 atom stereocenters. The zero-order valence-electron chi connectivity index (χ0n) is 14.1. The Hall–Kier alpha value is -2.12. The van der Waals surface area contributed by atoms with Crippen LogP contribution in [-0.4, -0.2) is 59.6 Å². The van der Waals surface area contributed by atoms with Gasteiger partial charge in [-0.2, -0.15) is 5.10 Å². The normalized spacial score (nSPS) is 20.7. The molecule has 1 saturated heterocycles. The Labute approximate surface area is 141 Å². The number of ether oxygens (including phenoxy) is 2. The number of rotatable bonds is 7. The number of nitrogens with zero attached hydrogens (tertiary/aromatic N) is 3. The minimum atomic E-state index is -0.0199. The van der Waals surface area contributed by atoms with Gasteiger partial charge in [-0.15, -0.1) is 0 Å². The quantitative estimate of drug-likeness (QED) is 0.718. The number of carbonyl (C=O) groups excluding carboxylic acids is 1. The molecule has 0 unspecified atom stereocenters. The highest BCUT2D eigenvalue weighted by atomic mass is 16.5. The highest BCUT2D eigenvalue weighted by Gasteiger charge is 2.38. The molecule has 2 aromatic heterocycles. The van der Waals surface area contributed by atoms with Gasteiger partial charge < -0.3 is 18.8 Å². The first kappa shape index (κ1) is 16.7. The number of aryl methyl sites for hydroxylation is 1. The van der Waals surface area contributed by atoms with Gasteiger partial charge in [-0.1, -0.05) is 0 Å². The van der Waals surface area contributed by atoms with Crippen molar-refractivity contribution in [2.45, 2.75) is 25.0 Å². The molecule has 1 fully saturated rings. The molecule has 0 radical (unpaired) electrons. The maximum atomic E-state index is 12.8. The van der Waals surface area contributed by atoms with E-state index in [1.807, 2.05) is 24.3 Å². The maximum absolute atomic E-state index is 12.8. The summed E-state index contributed by atoms with van der Waals surface area (Å²) in [5.41, 5.74) is 1.67. The van der Waals surface area contributed by atoms with Crippen LogP contribution in [0.2, 0.25) is 0 Å². The number of hydrogen-bond acceptors (Lipinski definition) is 5. The Bertz CT molecular complexity index is 653. The second kappa shape index (κ2) is 7.63. The standard InChI is InChI=1S/C17H23N3O4/c1-19-11-13(10-18-19)9-15-16(24-8-7-22-2)3-5-20(15)17(21)14-4-6-23-12-14/h4,6,10-12,15-16H,3,5,7-9H2,1-2H3/t15-,16+/m0/s1. The van der Waals surface area contributed by atoms with Gasteiger partial charge in [-0.05, 0) is 24.5 Å². The molecule has 1 aliphatic heterocycles. The minimum absolute atomic E-state index is 0.00351. The summed E-state index contributed by atoms with van der Waals surface area (Å²) in [6, 6.07) is 1.68. The van der Waals surface area contributed by atoms with Gasteiger partial charge in [0.15, 0.2) is 0 Å². The van der Waals surface area contributed by atoms with Crippen LogP contribution in [0.3, 0.4) is 0 Å². The Kier molecular flexibility index (Phi) is 5.32. The van der Waals surface area contributed by atoms with E-state index in [1.54, 1.807) is 17.9 Å². The van der Waals surface area contributed by atoms with Crippen molar-refractivity contribution in [1.29, 1.82) is 0 Å². The van der Waals surface area contributed by atoms with Crippen LogP contribution in [0.15, 0.2) is 35.4 Å². The van der Waals surface area contributed by atoms with Gasteiger partial charge >= 0.3 is 0 Å². The molecule has 3 rings (SSSR count). The van der Waals surface area contributed by atoms with Crippen molar-refractivity contribution in [3.63, 3.8) is 0 Å². The van der Waals surface area contributed by atoms with Crippen molar-refractivity contribution >= 4 is 5.91 Å². The van der Waals surface area contributed by atoms with Crippen molar-refractivity contribution in [2.24, 2.45) is 7.05 Å². The summed E-state index contributed by atoms with van der Waals surface area (Å²) in [7, 11) is 3.54. The monoisotopic (exact) mass is 333 g/mol. The first-order valence-corrected chi connectivity index (χ1v) is 8.10. The Morgan fingerprint density at radius 3 is 3.00 bits per heavy atom. The van der Waals surface area contributed by atoms with Crippen molar-refractivity contribution in [3.8, 4) is 0 Å². The van der Waals surface area contributed by atoms with E-state index in [2.05, 4.69) is 5.10 Å². The lowest BCUT2D eigenvalue weighted by Gasteiger charge is -2.27. The van der Waals surface area contributed by atoms with E-state index in [9.17, 15) is 4.79 Å². The Morgan fingerprint density at radius 2 is 2.33 bits per heavy atom. The van der Waals surface area contributed by atoms with Gasteiger partial charge in [0.1, 0.15) is 6.26 Å². The first-order valence-electron chi connectivity index (χ1n) is 8.10. The fourth-order valence-electron chi connectivity index (χ4n) is 3.17. The third kappa shape index (κ3) is 3.68. The summed E-state index contributed by atoms with van der Waals surface area (Å²) < 4.78 is 17.8. The van der Waals surface area contributed by atoms with Gasteiger partial charge in [0.05, 0.1) is 43.4 Å². The number of methoxy groups -OCH3 is 1. The number of carbonyl (C=O) groups is 1. The molecule has 0 N–H and O–H groups in total. The lowest BCUT2D eigenvalue weighted by molar-refractivity contribution is 0.000484. The average molecular weight is 333 g/mol. The van der Waals surface area contributed by atoms with Crippen LogP contribution in [0.25, 0.3) is 0 Å². The highest BCUT2D eigenvalue weighted by Crippen LogP contribution is 2.26. The molecule has 24 heavy (non-hydrogen) atoms. The first-order chi connectivity index (χ1) is 11.7. The molecule has 0 saturated carbocycles. The van der Waals surface area contributed by atoms with Crippen molar-refractivity contribution < 1.29 is 18.7 Å². The molecule has 2 aromatic rings. The molecule has 1 aliphatic rings. The van der Waals surface area contributed by atoms with Crippen molar-refractivity contribution in [2.75, 3.05) is 26.9 Å². The van der Waals surface area contributed by atoms with Crippen LogP contribution in [0, 0.1) is 0 Å². The van der Waals surface area contributed by atoms with Gasteiger partial charge in [0.25, 0.3) is 5.91 Å². The van der Waals surface area contributed by atoms with Crippen LogP contribution in [-0.2, 0) is 22.9 Å². The third-order valence-electron chi connectivity index (χ3n) is 4.34. The van der Waals surface area contributed by atoms with Crippen LogP contribution < -0.4 is 0 Å². The van der Waals surface area contributed by atoms with Gasteiger partial charge in [-0.3, -0.25) is 9.48 Å². The average Bonchev–Trinajstić information content (AvgIpc) is 3.30. The van der Waals surface area contributed by atoms with Crippen LogP contribution in [0.1, 0.15) is 22.3 Å². The Morgan fingerprint density at radius 1 is 1.46 bits per heavy atom. The second-order valence-electron chi connectivity index (χ2n) is 6.00. The van der Waals surface area contributed by atoms with E-state index in [0.717, 1.165) is 18.4 Å². The molecule has 1 amide bonds. The van der Waals surface area contributed by atoms with E-state index in [-0.39, 0.29) is 18.1 Å². The van der Waals surface area contributed by atoms with Crippen LogP contribution in [0.4, 0.5) is 0 Å². The summed E-state index contributed by atoms with van der Waals surface area (Å²) in [6.07, 6.45) is 8.36. The molecule has 0 bridgehead atoms. The molecule has 0 aromatic carbocycles. The van der Waals surface area contributed by atoms with E-state index in [0.29, 0.717) is 25.3 Å². The molecule has 0 aliphatic carbocycles. The fraction of sp³-hybridized carbons (Fsp3) is 0.529. The van der Waals surface area contributed by atoms with Crippen molar-refractivity contribution in [3.05, 3.63) is 42.1 Å². The number of furan rings is 1. The van der Waals surface area contributed by atoms with Crippen molar-refractivity contribution in [1.82, 2.24) is 14.7 Å². The summed E-state index contributed by atoms with van der Waals surface area (Å²) in [5, 5.41) is 4.22. The molecule has 7 nitrogen and oxygen atoms in total. The molecule has 3 heterocycles. The van der Waals surface area contributed by atoms with E-state index < -0.39 is 0 Å². The van der Waals surface area contributed by atoms with E-state index in [1.165, 1.54) is 12.5 Å². The topological polar surface area (TPSA) is 69.7 Å². The third-order valence-corrected chi connectivity index (χ3v) is 4.34. The lowest BCUT2D eigenvalue weighted by Crippen LogP contribution is -2.42. The number of aromatic nitrogens is 2.